The molecule has 0 saturated carbocycles. The third-order valence-electron chi connectivity index (χ3n) is 16.5. The maximum atomic E-state index is 12.4. The van der Waals surface area contributed by atoms with Crippen molar-refractivity contribution in [2.24, 2.45) is 0 Å². The Morgan fingerprint density at radius 1 is 0.636 bits per heavy atom. The lowest BCUT2D eigenvalue weighted by Crippen LogP contribution is -2.48. The molecule has 386 valence electrons. The number of hydrogen-bond acceptors (Lipinski definition) is 8. The zero-order chi connectivity index (χ0) is 49.6. The third-order valence-corrected chi connectivity index (χ3v) is 30.1. The van der Waals surface area contributed by atoms with Gasteiger partial charge in [-0.05, 0) is 138 Å². The van der Waals surface area contributed by atoms with Crippen LogP contribution < -0.4 is 0 Å². The predicted molar refractivity (Wildman–Crippen MR) is 285 cm³/mol. The molecule has 0 aliphatic carbocycles. The smallest absolute Gasteiger partial charge is 0.334 e. The van der Waals surface area contributed by atoms with Gasteiger partial charge in [0.1, 0.15) is 6.10 Å². The minimum Gasteiger partial charge on any atom is -0.455 e. The third kappa shape index (κ3) is 19.5. The van der Waals surface area contributed by atoms with Gasteiger partial charge in [0.15, 0.2) is 25.0 Å². The number of hydrogen-bond donors (Lipinski definition) is 1. The Kier molecular flexibility index (Phi) is 24.1. The number of allylic oxidation sites excluding steroid dienone is 1. The molecular formula is C55H106O8Si3. The zero-order valence-electron chi connectivity index (χ0n) is 46.1. The zero-order valence-corrected chi connectivity index (χ0v) is 49.1. The summed E-state index contributed by atoms with van der Waals surface area (Å²) in [6, 6.07) is 0. The van der Waals surface area contributed by atoms with Gasteiger partial charge in [-0.1, -0.05) is 139 Å². The van der Waals surface area contributed by atoms with Crippen LogP contribution in [0.2, 0.25) is 54.4 Å². The van der Waals surface area contributed by atoms with Gasteiger partial charge >= 0.3 is 5.97 Å². The Morgan fingerprint density at radius 2 is 1.12 bits per heavy atom. The SMILES string of the molecule is CCCCCCC[C@@H](CC[C@H](O[Si](C)(C)C(C)(C)C)[C@H]1CC[C@H]([C@H]2CC[C@H]([C@H](O)C/C=C/CCCCCCC[C@H](CC3=C[C@H](C)OC3=O)O[Si](C)(C)C(C)(C)C)O2)O1)O[Si](C)(C)C(C)(C)C. The molecule has 0 radical (unpaired) electrons. The van der Waals surface area contributed by atoms with Crippen LogP contribution in [0, 0.1) is 0 Å². The van der Waals surface area contributed by atoms with Crippen molar-refractivity contribution in [1.29, 1.82) is 0 Å². The summed E-state index contributed by atoms with van der Waals surface area (Å²) in [5.74, 6) is -0.179. The molecule has 0 aromatic heterocycles. The van der Waals surface area contributed by atoms with Gasteiger partial charge in [-0.15, -0.1) is 0 Å². The number of cyclic esters (lactones) is 1. The van der Waals surface area contributed by atoms with Gasteiger partial charge in [-0.25, -0.2) is 4.79 Å². The van der Waals surface area contributed by atoms with Crippen molar-refractivity contribution in [1.82, 2.24) is 0 Å². The standard InChI is InChI=1S/C55H106O8Si3/c1-18-19-20-25-28-31-44(61-64(12,13)53(3,4)5)34-35-51(63-66(16,17)55(9,10)11)50-39-38-49(60-50)48-37-36-47(59-48)46(56)33-30-27-24-22-21-23-26-29-32-45(62-65(14,15)54(6,7)8)41-43-40-42(2)58-52(43)57/h27,30,40,42,44-51,56H,18-26,28-29,31-39,41H2,1-17H3/b30-27+/t42-,44-,45+,46+,47+,48+,49+,50+,51-/m0/s1. The highest BCUT2D eigenvalue weighted by Crippen LogP contribution is 2.43. The molecule has 0 aromatic rings. The van der Waals surface area contributed by atoms with Gasteiger partial charge in [0.25, 0.3) is 0 Å². The van der Waals surface area contributed by atoms with E-state index in [4.69, 9.17) is 27.5 Å². The summed E-state index contributed by atoms with van der Waals surface area (Å²) < 4.78 is 40.2. The number of carbonyl (C=O) groups excluding carboxylic acids is 1. The number of carbonyl (C=O) groups is 1. The number of rotatable bonds is 30. The Bertz CT molecular complexity index is 1470. The molecule has 66 heavy (non-hydrogen) atoms. The van der Waals surface area contributed by atoms with E-state index in [1.807, 2.05) is 13.0 Å². The predicted octanol–water partition coefficient (Wildman–Crippen LogP) is 15.7. The van der Waals surface area contributed by atoms with Crippen molar-refractivity contribution >= 4 is 30.9 Å². The first-order chi connectivity index (χ1) is 30.6. The highest BCUT2D eigenvalue weighted by molar-refractivity contribution is 6.75. The molecule has 9 atom stereocenters. The van der Waals surface area contributed by atoms with E-state index in [-0.39, 0.29) is 69.9 Å². The summed E-state index contributed by atoms with van der Waals surface area (Å²) >= 11 is 0. The molecule has 3 rings (SSSR count). The van der Waals surface area contributed by atoms with Crippen molar-refractivity contribution in [2.75, 3.05) is 0 Å². The number of unbranched alkanes of at least 4 members (excludes halogenated alkanes) is 9. The van der Waals surface area contributed by atoms with Crippen molar-refractivity contribution in [3.8, 4) is 0 Å². The highest BCUT2D eigenvalue weighted by Gasteiger charge is 2.46. The van der Waals surface area contributed by atoms with Crippen molar-refractivity contribution in [3.63, 3.8) is 0 Å². The van der Waals surface area contributed by atoms with Gasteiger partial charge in [0, 0.05) is 24.2 Å². The molecule has 0 amide bonds. The second-order valence-electron chi connectivity index (χ2n) is 25.4. The van der Waals surface area contributed by atoms with Crippen molar-refractivity contribution < 1.29 is 37.4 Å². The average molecular weight is 980 g/mol. The molecule has 8 nitrogen and oxygen atoms in total. The normalized spacial score (nSPS) is 24.5. The number of aliphatic hydroxyl groups excluding tert-OH is 1. The number of aliphatic hydroxyl groups is 1. The molecule has 3 aliphatic heterocycles. The molecule has 2 saturated heterocycles. The molecule has 0 spiro atoms. The summed E-state index contributed by atoms with van der Waals surface area (Å²) in [7, 11) is -5.95. The van der Waals surface area contributed by atoms with E-state index in [2.05, 4.69) is 121 Å². The summed E-state index contributed by atoms with van der Waals surface area (Å²) in [5, 5.41) is 11.6. The largest absolute Gasteiger partial charge is 0.455 e. The Labute approximate surface area is 410 Å². The maximum Gasteiger partial charge on any atom is 0.334 e. The Morgan fingerprint density at radius 3 is 1.67 bits per heavy atom. The number of ether oxygens (including phenoxy) is 3. The molecular weight excluding hydrogens is 873 g/mol. The molecule has 0 unspecified atom stereocenters. The Balaban J connectivity index is 1.46. The monoisotopic (exact) mass is 979 g/mol. The maximum absolute atomic E-state index is 12.4. The van der Waals surface area contributed by atoms with Crippen LogP contribution in [-0.2, 0) is 32.3 Å². The van der Waals surface area contributed by atoms with Crippen LogP contribution in [0.25, 0.3) is 0 Å². The van der Waals surface area contributed by atoms with Crippen molar-refractivity contribution in [3.05, 3.63) is 23.8 Å². The highest BCUT2D eigenvalue weighted by atomic mass is 28.4. The fraction of sp³-hybridized carbons (Fsp3) is 0.909. The molecule has 0 aromatic carbocycles. The van der Waals surface area contributed by atoms with Crippen LogP contribution in [0.3, 0.4) is 0 Å². The summed E-state index contributed by atoms with van der Waals surface area (Å²) in [6.07, 6.45) is 28.5. The van der Waals surface area contributed by atoms with E-state index < -0.39 is 31.1 Å². The first-order valence-electron chi connectivity index (χ1n) is 27.2. The molecule has 11 heteroatoms. The molecule has 3 heterocycles. The van der Waals surface area contributed by atoms with Crippen LogP contribution in [-0.4, -0.2) is 91.0 Å². The second kappa shape index (κ2) is 26.7. The van der Waals surface area contributed by atoms with E-state index in [9.17, 15) is 9.90 Å². The summed E-state index contributed by atoms with van der Waals surface area (Å²) in [5.41, 5.74) is 0.779. The van der Waals surface area contributed by atoms with Crippen molar-refractivity contribution in [2.45, 2.75) is 320 Å². The first kappa shape index (κ1) is 59.7. The van der Waals surface area contributed by atoms with Crippen LogP contribution in [0.5, 0.6) is 0 Å². The lowest BCUT2D eigenvalue weighted by molar-refractivity contribution is -0.139. The van der Waals surface area contributed by atoms with Gasteiger partial charge in [-0.3, -0.25) is 0 Å². The Hall–Kier alpha value is -0.639. The van der Waals surface area contributed by atoms with E-state index in [1.165, 1.54) is 51.4 Å². The van der Waals surface area contributed by atoms with Gasteiger partial charge in [0.2, 0.25) is 0 Å². The minimum atomic E-state index is -2.06. The lowest BCUT2D eigenvalue weighted by Gasteiger charge is -2.42. The fourth-order valence-corrected chi connectivity index (χ4v) is 13.2. The van der Waals surface area contributed by atoms with Gasteiger partial charge in [-0.2, -0.15) is 0 Å². The van der Waals surface area contributed by atoms with Crippen LogP contribution in [0.15, 0.2) is 23.8 Å². The van der Waals surface area contributed by atoms with Gasteiger partial charge in [0.05, 0.1) is 36.6 Å². The van der Waals surface area contributed by atoms with E-state index in [1.54, 1.807) is 0 Å². The van der Waals surface area contributed by atoms with Crippen LogP contribution >= 0.6 is 0 Å². The number of esters is 1. The van der Waals surface area contributed by atoms with Crippen LogP contribution in [0.4, 0.5) is 0 Å². The average Bonchev–Trinajstić information content (AvgIpc) is 3.95. The van der Waals surface area contributed by atoms with E-state index in [0.29, 0.717) is 12.8 Å². The first-order valence-corrected chi connectivity index (χ1v) is 35.9. The molecule has 3 aliphatic rings. The quantitative estimate of drug-likeness (QED) is 0.0329. The fourth-order valence-electron chi connectivity index (χ4n) is 9.03. The molecule has 2 fully saturated rings. The van der Waals surface area contributed by atoms with Gasteiger partial charge < -0.3 is 32.6 Å². The molecule has 1 N–H and O–H groups in total. The van der Waals surface area contributed by atoms with E-state index >= 15 is 0 Å². The molecule has 0 bridgehead atoms. The summed E-state index contributed by atoms with van der Waals surface area (Å²) in [6.45, 7) is 39.3. The van der Waals surface area contributed by atoms with Crippen LogP contribution in [0.1, 0.15) is 211 Å². The van der Waals surface area contributed by atoms with E-state index in [0.717, 1.165) is 76.2 Å². The minimum absolute atomic E-state index is 0.0267. The lowest BCUT2D eigenvalue weighted by atomic mass is 9.99. The topological polar surface area (TPSA) is 92.7 Å². The second-order valence-corrected chi connectivity index (χ2v) is 39.7. The summed E-state index contributed by atoms with van der Waals surface area (Å²) in [4.78, 5) is 12.4.